The third-order valence-electron chi connectivity index (χ3n) is 1.33. The minimum Gasteiger partial charge on any atom is -0.398 e. The number of nitrogen functional groups attached to an aromatic ring is 1. The maximum atomic E-state index is 11.0. The van der Waals surface area contributed by atoms with Gasteiger partial charge in [-0.3, -0.25) is 9.59 Å². The minimum atomic E-state index is -0.567. The molecule has 6 heteroatoms. The first-order chi connectivity index (χ1) is 5.59. The molecule has 0 unspecified atom stereocenters. The Morgan fingerprint density at radius 2 is 2.08 bits per heavy atom. The van der Waals surface area contributed by atoms with Crippen molar-refractivity contribution < 1.29 is 4.79 Å². The topological polar surface area (TPSA) is 91.1 Å². The van der Waals surface area contributed by atoms with Gasteiger partial charge in [-0.05, 0) is 6.07 Å². The highest BCUT2D eigenvalue weighted by molar-refractivity contribution is 5.85. The van der Waals surface area contributed by atoms with Crippen molar-refractivity contribution in [1.82, 2.24) is 4.57 Å². The van der Waals surface area contributed by atoms with E-state index in [0.29, 0.717) is 5.69 Å². The van der Waals surface area contributed by atoms with Crippen LogP contribution in [0.2, 0.25) is 0 Å². The molecule has 0 aliphatic heterocycles. The molecule has 72 valence electrons. The summed E-state index contributed by atoms with van der Waals surface area (Å²) >= 11 is 0. The van der Waals surface area contributed by atoms with Gasteiger partial charge in [-0.2, -0.15) is 0 Å². The number of carbonyl (C=O) groups is 1. The first-order valence-corrected chi connectivity index (χ1v) is 3.34. The molecule has 0 bridgehead atoms. The number of amides is 1. The number of hydrogen-bond donors (Lipinski definition) is 2. The Labute approximate surface area is 80.7 Å². The molecular formula is C7H10ClN3O2. The predicted octanol–water partition coefficient (Wildman–Crippen LogP) is -0.662. The van der Waals surface area contributed by atoms with Crippen molar-refractivity contribution in [2.45, 2.75) is 6.54 Å². The summed E-state index contributed by atoms with van der Waals surface area (Å²) in [7, 11) is 0. The van der Waals surface area contributed by atoms with E-state index in [0.717, 1.165) is 4.57 Å². The fourth-order valence-electron chi connectivity index (χ4n) is 0.841. The molecule has 4 N–H and O–H groups in total. The van der Waals surface area contributed by atoms with Crippen molar-refractivity contribution in [3.8, 4) is 0 Å². The van der Waals surface area contributed by atoms with Gasteiger partial charge in [0.1, 0.15) is 6.54 Å². The summed E-state index contributed by atoms with van der Waals surface area (Å²) in [6.07, 6.45) is 1.38. The van der Waals surface area contributed by atoms with Crippen LogP contribution >= 0.6 is 12.4 Å². The summed E-state index contributed by atoms with van der Waals surface area (Å²) in [5.74, 6) is -0.567. The summed E-state index contributed by atoms with van der Waals surface area (Å²) in [4.78, 5) is 21.5. The van der Waals surface area contributed by atoms with Crippen LogP contribution in [0.5, 0.6) is 0 Å². The molecule has 1 aromatic heterocycles. The van der Waals surface area contributed by atoms with Crippen LogP contribution in [-0.4, -0.2) is 10.5 Å². The van der Waals surface area contributed by atoms with E-state index < -0.39 is 5.91 Å². The molecule has 13 heavy (non-hydrogen) atoms. The molecule has 1 heterocycles. The van der Waals surface area contributed by atoms with E-state index in [1.54, 1.807) is 0 Å². The highest BCUT2D eigenvalue weighted by Crippen LogP contribution is 1.94. The Hall–Kier alpha value is -1.49. The second kappa shape index (κ2) is 4.51. The monoisotopic (exact) mass is 203 g/mol. The molecule has 0 aliphatic rings. The molecule has 5 nitrogen and oxygen atoms in total. The number of hydrogen-bond acceptors (Lipinski definition) is 3. The lowest BCUT2D eigenvalue weighted by atomic mass is 10.4. The average Bonchev–Trinajstić information content (AvgIpc) is 1.96. The summed E-state index contributed by atoms with van der Waals surface area (Å²) in [5, 5.41) is 0. The van der Waals surface area contributed by atoms with Gasteiger partial charge in [0, 0.05) is 18.0 Å². The molecule has 0 saturated heterocycles. The van der Waals surface area contributed by atoms with Crippen LogP contribution in [0.25, 0.3) is 0 Å². The van der Waals surface area contributed by atoms with Crippen LogP contribution in [0.3, 0.4) is 0 Å². The SMILES string of the molecule is Cl.NC(=O)Cn1cc(N)ccc1=O. The molecule has 1 amide bonds. The van der Waals surface area contributed by atoms with Crippen molar-refractivity contribution in [3.05, 3.63) is 28.7 Å². The van der Waals surface area contributed by atoms with E-state index in [9.17, 15) is 9.59 Å². The molecule has 0 saturated carbocycles. The zero-order valence-corrected chi connectivity index (χ0v) is 7.58. The fourth-order valence-corrected chi connectivity index (χ4v) is 0.841. The zero-order chi connectivity index (χ0) is 9.14. The quantitative estimate of drug-likeness (QED) is 0.668. The Balaban J connectivity index is 0.00000144. The van der Waals surface area contributed by atoms with E-state index in [1.807, 2.05) is 0 Å². The van der Waals surface area contributed by atoms with Gasteiger partial charge in [0.2, 0.25) is 5.91 Å². The van der Waals surface area contributed by atoms with Crippen molar-refractivity contribution in [2.75, 3.05) is 5.73 Å². The average molecular weight is 204 g/mol. The molecule has 0 spiro atoms. The number of carbonyl (C=O) groups excluding carboxylic acids is 1. The van der Waals surface area contributed by atoms with E-state index in [-0.39, 0.29) is 24.5 Å². The van der Waals surface area contributed by atoms with Gasteiger partial charge in [-0.25, -0.2) is 0 Å². The van der Waals surface area contributed by atoms with Crippen LogP contribution in [0.1, 0.15) is 0 Å². The Morgan fingerprint density at radius 3 is 2.62 bits per heavy atom. The summed E-state index contributed by atoms with van der Waals surface area (Å²) in [5.41, 5.74) is 10.4. The molecular weight excluding hydrogens is 194 g/mol. The number of anilines is 1. The summed E-state index contributed by atoms with van der Waals surface area (Å²) < 4.78 is 1.16. The summed E-state index contributed by atoms with van der Waals surface area (Å²) in [6.45, 7) is -0.135. The predicted molar refractivity (Wildman–Crippen MR) is 51.6 cm³/mol. The first kappa shape index (κ1) is 11.5. The molecule has 1 aromatic rings. The number of aromatic nitrogens is 1. The maximum Gasteiger partial charge on any atom is 0.251 e. The number of nitrogens with two attached hydrogens (primary N) is 2. The van der Waals surface area contributed by atoms with E-state index >= 15 is 0 Å². The largest absolute Gasteiger partial charge is 0.398 e. The maximum absolute atomic E-state index is 11.0. The molecule has 0 fully saturated rings. The van der Waals surface area contributed by atoms with Gasteiger partial charge >= 0.3 is 0 Å². The lowest BCUT2D eigenvalue weighted by Crippen LogP contribution is -2.27. The minimum absolute atomic E-state index is 0. The second-order valence-electron chi connectivity index (χ2n) is 2.39. The molecule has 1 rings (SSSR count). The second-order valence-corrected chi connectivity index (χ2v) is 2.39. The van der Waals surface area contributed by atoms with E-state index in [4.69, 9.17) is 11.5 Å². The van der Waals surface area contributed by atoms with Gasteiger partial charge in [-0.1, -0.05) is 0 Å². The third-order valence-corrected chi connectivity index (χ3v) is 1.33. The Bertz CT molecular complexity index is 361. The normalized spacial score (nSPS) is 8.92. The van der Waals surface area contributed by atoms with Crippen molar-refractivity contribution >= 4 is 24.0 Å². The van der Waals surface area contributed by atoms with Crippen LogP contribution in [0.4, 0.5) is 5.69 Å². The molecule has 0 atom stereocenters. The number of primary amides is 1. The van der Waals surface area contributed by atoms with Crippen LogP contribution < -0.4 is 17.0 Å². The zero-order valence-electron chi connectivity index (χ0n) is 6.77. The Kier molecular flexibility index (Phi) is 4.00. The fraction of sp³-hybridized carbons (Fsp3) is 0.143. The first-order valence-electron chi connectivity index (χ1n) is 3.34. The smallest absolute Gasteiger partial charge is 0.251 e. The Morgan fingerprint density at radius 1 is 1.46 bits per heavy atom. The standard InChI is InChI=1S/C7H9N3O2.ClH/c8-5-1-2-7(12)10(3-5)4-6(9)11;/h1-3H,4,8H2,(H2,9,11);1H. The number of nitrogens with zero attached hydrogens (tertiary/aromatic N) is 1. The molecule has 0 radical (unpaired) electrons. The highest BCUT2D eigenvalue weighted by Gasteiger charge is 1.99. The van der Waals surface area contributed by atoms with Gasteiger partial charge in [0.25, 0.3) is 5.56 Å². The van der Waals surface area contributed by atoms with Crippen LogP contribution in [0, 0.1) is 0 Å². The van der Waals surface area contributed by atoms with Gasteiger partial charge < -0.3 is 16.0 Å². The van der Waals surface area contributed by atoms with Gasteiger partial charge in [-0.15, -0.1) is 12.4 Å². The van der Waals surface area contributed by atoms with E-state index in [1.165, 1.54) is 18.3 Å². The summed E-state index contributed by atoms with van der Waals surface area (Å²) in [6, 6.07) is 2.76. The van der Waals surface area contributed by atoms with Gasteiger partial charge in [0.05, 0.1) is 0 Å². The third kappa shape index (κ3) is 3.16. The van der Waals surface area contributed by atoms with Crippen molar-refractivity contribution in [1.29, 1.82) is 0 Å². The number of rotatable bonds is 2. The van der Waals surface area contributed by atoms with E-state index in [2.05, 4.69) is 0 Å². The molecule has 0 aliphatic carbocycles. The van der Waals surface area contributed by atoms with Crippen molar-refractivity contribution in [3.63, 3.8) is 0 Å². The lowest BCUT2D eigenvalue weighted by Gasteiger charge is -2.01. The number of pyridine rings is 1. The van der Waals surface area contributed by atoms with Gasteiger partial charge in [0.15, 0.2) is 0 Å². The highest BCUT2D eigenvalue weighted by atomic mass is 35.5. The van der Waals surface area contributed by atoms with Crippen molar-refractivity contribution in [2.24, 2.45) is 5.73 Å². The lowest BCUT2D eigenvalue weighted by molar-refractivity contribution is -0.118. The molecule has 0 aromatic carbocycles. The van der Waals surface area contributed by atoms with Crippen LogP contribution in [0.15, 0.2) is 23.1 Å². The number of halogens is 1. The van der Waals surface area contributed by atoms with Crippen LogP contribution in [-0.2, 0) is 11.3 Å².